The number of carbonyl (C=O) groups excluding carboxylic acids is 3. The van der Waals surface area contributed by atoms with Gasteiger partial charge in [0.25, 0.3) is 0 Å². The summed E-state index contributed by atoms with van der Waals surface area (Å²) in [6.45, 7) is 8.71. The highest BCUT2D eigenvalue weighted by molar-refractivity contribution is 6.24. The van der Waals surface area contributed by atoms with Crippen molar-refractivity contribution in [2.24, 2.45) is 5.41 Å². The van der Waals surface area contributed by atoms with Gasteiger partial charge < -0.3 is 25.2 Å². The molecule has 2 rings (SSSR count). The Morgan fingerprint density at radius 1 is 1.03 bits per heavy atom. The molecule has 8 nitrogen and oxygen atoms in total. The zero-order valence-electron chi connectivity index (χ0n) is 21.8. The number of methoxy groups -OCH3 is 1. The Balaban J connectivity index is 2.81. The van der Waals surface area contributed by atoms with Crippen molar-refractivity contribution in [2.45, 2.75) is 73.1 Å². The number of ketones is 3. The minimum Gasteiger partial charge on any atom is -0.511 e. The fraction of sp³-hybridized carbons (Fsp3) is 0.464. The fourth-order valence-electron chi connectivity index (χ4n) is 4.27. The molecule has 8 heteroatoms. The van der Waals surface area contributed by atoms with Gasteiger partial charge in [-0.2, -0.15) is 0 Å². The molecule has 0 bridgehead atoms. The predicted octanol–water partition coefficient (Wildman–Crippen LogP) is 5.57. The Kier molecular flexibility index (Phi) is 9.13. The summed E-state index contributed by atoms with van der Waals surface area (Å²) in [6, 6.07) is 1.18. The lowest BCUT2D eigenvalue weighted by atomic mass is 9.69. The first-order chi connectivity index (χ1) is 16.8. The Morgan fingerprint density at radius 2 is 1.61 bits per heavy atom. The smallest absolute Gasteiger partial charge is 0.183 e. The van der Waals surface area contributed by atoms with Gasteiger partial charge in [0.15, 0.2) is 17.3 Å². The summed E-state index contributed by atoms with van der Waals surface area (Å²) in [5, 5.41) is 43.9. The Bertz CT molecular complexity index is 1160. The highest BCUT2D eigenvalue weighted by Crippen LogP contribution is 2.46. The highest BCUT2D eigenvalue weighted by Gasteiger charge is 2.47. The molecule has 196 valence electrons. The number of aliphatic hydroxyl groups is 2. The summed E-state index contributed by atoms with van der Waals surface area (Å²) in [5.41, 5.74) is -1.52. The summed E-state index contributed by atoms with van der Waals surface area (Å²) < 4.78 is 5.18. The van der Waals surface area contributed by atoms with E-state index < -0.39 is 57.8 Å². The van der Waals surface area contributed by atoms with E-state index in [-0.39, 0.29) is 41.7 Å². The second-order valence-electron chi connectivity index (χ2n) is 9.52. The number of ether oxygens (including phenoxy) is 1. The maximum Gasteiger partial charge on any atom is 0.183 e. The quantitative estimate of drug-likeness (QED) is 0.175. The van der Waals surface area contributed by atoms with Gasteiger partial charge in [-0.15, -0.1) is 0 Å². The van der Waals surface area contributed by atoms with E-state index in [4.69, 9.17) is 4.74 Å². The summed E-state index contributed by atoms with van der Waals surface area (Å²) >= 11 is 0. The molecule has 0 aromatic heterocycles. The summed E-state index contributed by atoms with van der Waals surface area (Å²) in [7, 11) is 1.30. The molecule has 0 radical (unpaired) electrons. The van der Waals surface area contributed by atoms with Crippen LogP contribution in [0, 0.1) is 5.41 Å². The van der Waals surface area contributed by atoms with Crippen molar-refractivity contribution in [1.29, 1.82) is 0 Å². The van der Waals surface area contributed by atoms with Crippen LogP contribution in [-0.2, 0) is 16.0 Å². The maximum atomic E-state index is 13.4. The van der Waals surface area contributed by atoms with Crippen LogP contribution in [0.1, 0.15) is 82.6 Å². The van der Waals surface area contributed by atoms with E-state index in [1.54, 1.807) is 19.9 Å². The number of hydrogen-bond donors (Lipinski definition) is 4. The van der Waals surface area contributed by atoms with Crippen molar-refractivity contribution < 1.29 is 39.5 Å². The number of carbonyl (C=O) groups is 3. The number of Topliss-reactive ketones (excluding diaryl/α,β-unsaturated/α-hetero) is 3. The van der Waals surface area contributed by atoms with Crippen LogP contribution < -0.4 is 4.74 Å². The molecule has 0 amide bonds. The van der Waals surface area contributed by atoms with Gasteiger partial charge >= 0.3 is 0 Å². The van der Waals surface area contributed by atoms with Gasteiger partial charge in [0.05, 0.1) is 12.5 Å². The zero-order chi connectivity index (χ0) is 27.4. The average Bonchev–Trinajstić information content (AvgIpc) is 2.81. The second-order valence-corrected chi connectivity index (χ2v) is 9.52. The van der Waals surface area contributed by atoms with Crippen LogP contribution in [0.2, 0.25) is 0 Å². The standard InChI is InChI=1S/C28H36O8/c1-7-9-18(29)22-21(36-6)14-20(31)16(24(22)32)13-17-25(33)23(19(30)10-8-2)27(35)28(5,26(17)34)12-11-15(3)4/h11,14,31-34H,7-10,12-13H2,1-6H3. The van der Waals surface area contributed by atoms with Crippen molar-refractivity contribution in [3.05, 3.63) is 51.5 Å². The molecule has 1 atom stereocenters. The van der Waals surface area contributed by atoms with E-state index in [9.17, 15) is 34.8 Å². The minimum atomic E-state index is -1.55. The Morgan fingerprint density at radius 3 is 2.14 bits per heavy atom. The summed E-state index contributed by atoms with van der Waals surface area (Å²) in [6.07, 6.45) is 2.49. The molecule has 0 fully saturated rings. The molecule has 1 aliphatic rings. The number of allylic oxidation sites excluding steroid dienone is 5. The van der Waals surface area contributed by atoms with Crippen molar-refractivity contribution >= 4 is 17.3 Å². The summed E-state index contributed by atoms with van der Waals surface area (Å²) in [4.78, 5) is 39.0. The van der Waals surface area contributed by atoms with Crippen molar-refractivity contribution in [2.75, 3.05) is 7.11 Å². The van der Waals surface area contributed by atoms with Gasteiger partial charge in [0, 0.05) is 36.5 Å². The van der Waals surface area contributed by atoms with Crippen LogP contribution in [0.5, 0.6) is 17.2 Å². The molecule has 0 saturated heterocycles. The molecule has 0 aliphatic heterocycles. The number of aliphatic hydroxyl groups excluding tert-OH is 2. The Labute approximate surface area is 211 Å². The minimum absolute atomic E-state index is 0.0174. The van der Waals surface area contributed by atoms with Crippen molar-refractivity contribution in [3.63, 3.8) is 0 Å². The van der Waals surface area contributed by atoms with Gasteiger partial charge in [-0.3, -0.25) is 14.4 Å². The normalized spacial score (nSPS) is 17.9. The zero-order valence-corrected chi connectivity index (χ0v) is 21.8. The fourth-order valence-corrected chi connectivity index (χ4v) is 4.27. The third-order valence-corrected chi connectivity index (χ3v) is 6.41. The van der Waals surface area contributed by atoms with Gasteiger partial charge in [-0.1, -0.05) is 25.5 Å². The molecule has 1 aromatic carbocycles. The van der Waals surface area contributed by atoms with Gasteiger partial charge in [0.1, 0.15) is 39.9 Å². The third-order valence-electron chi connectivity index (χ3n) is 6.41. The van der Waals surface area contributed by atoms with E-state index in [0.29, 0.717) is 12.8 Å². The average molecular weight is 501 g/mol. The first-order valence-electron chi connectivity index (χ1n) is 12.1. The molecule has 1 unspecified atom stereocenters. The molecule has 1 aliphatic carbocycles. The van der Waals surface area contributed by atoms with E-state index in [1.165, 1.54) is 20.1 Å². The SMILES string of the molecule is CCCC(=O)C1=C(O)C(Cc2c(O)cc(OC)c(C(=O)CCC)c2O)=C(O)C(C)(CC=C(C)C)C1=O. The van der Waals surface area contributed by atoms with Crippen LogP contribution in [0.4, 0.5) is 0 Å². The van der Waals surface area contributed by atoms with Crippen molar-refractivity contribution in [1.82, 2.24) is 0 Å². The Hall–Kier alpha value is -3.55. The van der Waals surface area contributed by atoms with E-state index in [2.05, 4.69) is 0 Å². The van der Waals surface area contributed by atoms with Gasteiger partial charge in [-0.25, -0.2) is 0 Å². The molecular formula is C28H36O8. The first kappa shape index (κ1) is 28.7. The molecule has 0 heterocycles. The molecule has 1 aromatic rings. The first-order valence-corrected chi connectivity index (χ1v) is 12.1. The van der Waals surface area contributed by atoms with E-state index in [0.717, 1.165) is 5.57 Å². The number of rotatable bonds is 11. The molecule has 0 spiro atoms. The van der Waals surface area contributed by atoms with Gasteiger partial charge in [-0.05, 0) is 40.0 Å². The lowest BCUT2D eigenvalue weighted by Gasteiger charge is -2.33. The highest BCUT2D eigenvalue weighted by atomic mass is 16.5. The van der Waals surface area contributed by atoms with Crippen molar-refractivity contribution in [3.8, 4) is 17.2 Å². The van der Waals surface area contributed by atoms with Crippen LogP contribution in [0.15, 0.2) is 40.4 Å². The topological polar surface area (TPSA) is 141 Å². The molecule has 4 N–H and O–H groups in total. The largest absolute Gasteiger partial charge is 0.511 e. The molecule has 36 heavy (non-hydrogen) atoms. The number of phenolic OH excluding ortho intramolecular Hbond substituents is 2. The maximum absolute atomic E-state index is 13.4. The lowest BCUT2D eigenvalue weighted by Crippen LogP contribution is -2.39. The van der Waals surface area contributed by atoms with E-state index in [1.807, 2.05) is 13.8 Å². The number of phenols is 2. The second kappa shape index (κ2) is 11.5. The van der Waals surface area contributed by atoms with Gasteiger partial charge in [0.2, 0.25) is 0 Å². The summed E-state index contributed by atoms with van der Waals surface area (Å²) in [5.74, 6) is -3.83. The number of aromatic hydroxyl groups is 2. The van der Waals surface area contributed by atoms with Crippen LogP contribution in [0.25, 0.3) is 0 Å². The van der Waals surface area contributed by atoms with Crippen LogP contribution in [-0.4, -0.2) is 44.9 Å². The third kappa shape index (κ3) is 5.32. The molecule has 0 saturated carbocycles. The van der Waals surface area contributed by atoms with E-state index >= 15 is 0 Å². The predicted molar refractivity (Wildman–Crippen MR) is 136 cm³/mol. The lowest BCUT2D eigenvalue weighted by molar-refractivity contribution is -0.127. The number of benzene rings is 1. The van der Waals surface area contributed by atoms with Crippen LogP contribution >= 0.6 is 0 Å². The molecular weight excluding hydrogens is 464 g/mol. The monoisotopic (exact) mass is 500 g/mol. The number of hydrogen-bond acceptors (Lipinski definition) is 8. The van der Waals surface area contributed by atoms with Crippen LogP contribution in [0.3, 0.4) is 0 Å².